The number of halogens is 2. The highest BCUT2D eigenvalue weighted by molar-refractivity contribution is 7.89. The van der Waals surface area contributed by atoms with Crippen LogP contribution in [0.25, 0.3) is 0 Å². The summed E-state index contributed by atoms with van der Waals surface area (Å²) in [6, 6.07) is 2.08. The number of nitrogens with zero attached hydrogens (tertiary/aromatic N) is 1. The van der Waals surface area contributed by atoms with E-state index in [9.17, 15) is 17.2 Å². The summed E-state index contributed by atoms with van der Waals surface area (Å²) in [6.45, 7) is 0.161. The highest BCUT2D eigenvalue weighted by Crippen LogP contribution is 2.21. The van der Waals surface area contributed by atoms with Crippen molar-refractivity contribution in [2.24, 2.45) is 5.14 Å². The van der Waals surface area contributed by atoms with E-state index in [0.29, 0.717) is 0 Å². The van der Waals surface area contributed by atoms with Gasteiger partial charge in [-0.3, -0.25) is 0 Å². The van der Waals surface area contributed by atoms with Gasteiger partial charge in [-0.1, -0.05) is 6.07 Å². The zero-order valence-electron chi connectivity index (χ0n) is 8.87. The van der Waals surface area contributed by atoms with Crippen molar-refractivity contribution in [1.29, 1.82) is 0 Å². The fourth-order valence-corrected chi connectivity index (χ4v) is 2.02. The monoisotopic (exact) mass is 250 g/mol. The van der Waals surface area contributed by atoms with Crippen LogP contribution in [0.4, 0.5) is 8.78 Å². The van der Waals surface area contributed by atoms with Crippen molar-refractivity contribution in [3.8, 4) is 0 Å². The summed E-state index contributed by atoms with van der Waals surface area (Å²) in [5.74, 6) is -2.31. The minimum atomic E-state index is -4.39. The van der Waals surface area contributed by atoms with Gasteiger partial charge >= 0.3 is 0 Å². The first-order valence-electron chi connectivity index (χ1n) is 4.38. The Hall–Kier alpha value is -1.05. The van der Waals surface area contributed by atoms with Crippen LogP contribution in [0.15, 0.2) is 17.0 Å². The van der Waals surface area contributed by atoms with Crippen LogP contribution < -0.4 is 5.14 Å². The zero-order valence-corrected chi connectivity index (χ0v) is 9.68. The molecule has 0 aliphatic carbocycles. The van der Waals surface area contributed by atoms with Crippen molar-refractivity contribution in [1.82, 2.24) is 4.90 Å². The molecule has 7 heteroatoms. The lowest BCUT2D eigenvalue weighted by atomic mass is 10.2. The molecular formula is C9H12F2N2O2S. The maximum Gasteiger partial charge on any atom is 0.243 e. The topological polar surface area (TPSA) is 63.4 Å². The molecule has 0 aliphatic heterocycles. The second-order valence-electron chi connectivity index (χ2n) is 3.63. The number of primary sulfonamides is 1. The van der Waals surface area contributed by atoms with Crippen molar-refractivity contribution < 1.29 is 17.2 Å². The Kier molecular flexibility index (Phi) is 3.61. The summed E-state index contributed by atoms with van der Waals surface area (Å²) in [5, 5.41) is 4.74. The minimum Gasteiger partial charge on any atom is -0.305 e. The molecule has 0 unspecified atom stereocenters. The van der Waals surface area contributed by atoms with Gasteiger partial charge in [-0.25, -0.2) is 22.3 Å². The van der Waals surface area contributed by atoms with Crippen molar-refractivity contribution in [3.05, 3.63) is 29.3 Å². The van der Waals surface area contributed by atoms with Crippen LogP contribution in [0.3, 0.4) is 0 Å². The largest absolute Gasteiger partial charge is 0.305 e. The quantitative estimate of drug-likeness (QED) is 0.857. The molecule has 0 radical (unpaired) electrons. The average Bonchev–Trinajstić information content (AvgIpc) is 2.07. The van der Waals surface area contributed by atoms with E-state index in [2.05, 4.69) is 0 Å². The van der Waals surface area contributed by atoms with Gasteiger partial charge in [0.05, 0.1) is 0 Å². The molecule has 2 N–H and O–H groups in total. The van der Waals surface area contributed by atoms with E-state index in [1.165, 1.54) is 6.07 Å². The number of nitrogens with two attached hydrogens (primary N) is 1. The Morgan fingerprint density at radius 3 is 2.31 bits per heavy atom. The molecule has 0 aromatic heterocycles. The Balaban J connectivity index is 3.39. The first-order valence-corrected chi connectivity index (χ1v) is 5.92. The lowest BCUT2D eigenvalue weighted by Gasteiger charge is -2.12. The Morgan fingerprint density at radius 2 is 1.88 bits per heavy atom. The van der Waals surface area contributed by atoms with E-state index in [0.717, 1.165) is 6.07 Å². The van der Waals surface area contributed by atoms with E-state index in [-0.39, 0.29) is 12.1 Å². The number of hydrogen-bond acceptors (Lipinski definition) is 3. The molecule has 0 bridgehead atoms. The van der Waals surface area contributed by atoms with E-state index >= 15 is 0 Å². The molecule has 90 valence electrons. The molecule has 4 nitrogen and oxygen atoms in total. The van der Waals surface area contributed by atoms with Gasteiger partial charge in [0.1, 0.15) is 5.82 Å². The van der Waals surface area contributed by atoms with Crippen LogP contribution >= 0.6 is 0 Å². The molecule has 1 aromatic carbocycles. The van der Waals surface area contributed by atoms with Gasteiger partial charge in [0.2, 0.25) is 10.0 Å². The maximum atomic E-state index is 13.7. The minimum absolute atomic E-state index is 0.0791. The molecule has 0 heterocycles. The smallest absolute Gasteiger partial charge is 0.243 e. The normalized spacial score (nSPS) is 12.1. The van der Waals surface area contributed by atoms with Crippen molar-refractivity contribution in [2.45, 2.75) is 11.4 Å². The van der Waals surface area contributed by atoms with Gasteiger partial charge in [0, 0.05) is 12.1 Å². The van der Waals surface area contributed by atoms with Crippen LogP contribution in [0.1, 0.15) is 5.56 Å². The fourth-order valence-electron chi connectivity index (χ4n) is 1.30. The van der Waals surface area contributed by atoms with E-state index in [4.69, 9.17) is 5.14 Å². The summed E-state index contributed by atoms with van der Waals surface area (Å²) in [7, 11) is -1.03. The summed E-state index contributed by atoms with van der Waals surface area (Å²) in [5.41, 5.74) is 0.0791. The summed E-state index contributed by atoms with van der Waals surface area (Å²) in [6.07, 6.45) is 0. The van der Waals surface area contributed by atoms with Crippen LogP contribution in [-0.4, -0.2) is 27.4 Å². The molecule has 1 aromatic rings. The highest BCUT2D eigenvalue weighted by atomic mass is 32.2. The first kappa shape index (κ1) is 13.0. The lowest BCUT2D eigenvalue weighted by Crippen LogP contribution is -2.19. The zero-order chi connectivity index (χ0) is 12.5. The second-order valence-corrected chi connectivity index (χ2v) is 5.13. The Labute approximate surface area is 92.7 Å². The van der Waals surface area contributed by atoms with E-state index in [1.807, 2.05) is 0 Å². The third kappa shape index (κ3) is 2.75. The number of hydrogen-bond donors (Lipinski definition) is 1. The molecule has 0 aliphatic rings. The van der Waals surface area contributed by atoms with Crippen LogP contribution in [-0.2, 0) is 16.6 Å². The average molecular weight is 250 g/mol. The third-order valence-electron chi connectivity index (χ3n) is 1.90. The van der Waals surface area contributed by atoms with Gasteiger partial charge in [0.25, 0.3) is 0 Å². The molecule has 0 saturated carbocycles. The predicted molar refractivity (Wildman–Crippen MR) is 55.1 cm³/mol. The number of benzene rings is 1. The summed E-state index contributed by atoms with van der Waals surface area (Å²) in [4.78, 5) is 0.551. The SMILES string of the molecule is CN(C)Cc1ccc(F)c(S(N)(=O)=O)c1F. The van der Waals surface area contributed by atoms with Crippen molar-refractivity contribution >= 4 is 10.0 Å². The van der Waals surface area contributed by atoms with E-state index < -0.39 is 26.6 Å². The van der Waals surface area contributed by atoms with Gasteiger partial charge in [-0.05, 0) is 20.2 Å². The van der Waals surface area contributed by atoms with Crippen LogP contribution in [0.2, 0.25) is 0 Å². The van der Waals surface area contributed by atoms with Crippen LogP contribution in [0, 0.1) is 11.6 Å². The third-order valence-corrected chi connectivity index (χ3v) is 2.84. The first-order chi connectivity index (χ1) is 7.23. The molecule has 0 spiro atoms. The van der Waals surface area contributed by atoms with Crippen LogP contribution in [0.5, 0.6) is 0 Å². The molecule has 0 amide bonds. The van der Waals surface area contributed by atoms with Gasteiger partial charge < -0.3 is 4.90 Å². The molecule has 0 fully saturated rings. The van der Waals surface area contributed by atoms with Crippen molar-refractivity contribution in [2.75, 3.05) is 14.1 Å². The fraction of sp³-hybridized carbons (Fsp3) is 0.333. The molecule has 1 rings (SSSR count). The molecule has 0 saturated heterocycles. The lowest BCUT2D eigenvalue weighted by molar-refractivity contribution is 0.387. The number of rotatable bonds is 3. The summed E-state index contributed by atoms with van der Waals surface area (Å²) >= 11 is 0. The molecule has 0 atom stereocenters. The Morgan fingerprint density at radius 1 is 1.31 bits per heavy atom. The van der Waals surface area contributed by atoms with E-state index in [1.54, 1.807) is 19.0 Å². The maximum absolute atomic E-state index is 13.7. The summed E-state index contributed by atoms with van der Waals surface area (Å²) < 4.78 is 48.8. The number of sulfonamides is 1. The standard InChI is InChI=1S/C9H12F2N2O2S/c1-13(2)5-6-3-4-7(10)9(8(6)11)16(12,14)15/h3-4H,5H2,1-2H3,(H2,12,14,15). The predicted octanol–water partition coefficient (Wildman–Crippen LogP) is 0.674. The van der Waals surface area contributed by atoms with Gasteiger partial charge in [0.15, 0.2) is 10.7 Å². The molecule has 16 heavy (non-hydrogen) atoms. The van der Waals surface area contributed by atoms with Crippen molar-refractivity contribution in [3.63, 3.8) is 0 Å². The molecular weight excluding hydrogens is 238 g/mol. The Bertz CT molecular complexity index is 500. The second kappa shape index (κ2) is 4.44. The van der Waals surface area contributed by atoms with Gasteiger partial charge in [-0.2, -0.15) is 0 Å². The highest BCUT2D eigenvalue weighted by Gasteiger charge is 2.22. The van der Waals surface area contributed by atoms with Gasteiger partial charge in [-0.15, -0.1) is 0 Å².